The predicted octanol–water partition coefficient (Wildman–Crippen LogP) is 5.04. The molecule has 2 aliphatic rings. The van der Waals surface area contributed by atoms with E-state index in [0.29, 0.717) is 11.7 Å². The van der Waals surface area contributed by atoms with Gasteiger partial charge in [0.05, 0.1) is 6.10 Å². The molecule has 1 aromatic carbocycles. The number of phenolic OH excluding ortho intramolecular Hbond substituents is 1. The molecule has 2 heteroatoms. The molecule has 0 bridgehead atoms. The molecule has 2 aliphatic carbocycles. The van der Waals surface area contributed by atoms with Crippen molar-refractivity contribution in [1.82, 2.24) is 0 Å². The number of rotatable bonds is 1. The minimum atomic E-state index is -0.399. The maximum Gasteiger partial charge on any atom is 0.119 e. The van der Waals surface area contributed by atoms with Crippen LogP contribution < -0.4 is 0 Å². The van der Waals surface area contributed by atoms with Crippen LogP contribution in [-0.2, 0) is 5.41 Å². The van der Waals surface area contributed by atoms with Crippen molar-refractivity contribution in [3.05, 3.63) is 28.8 Å². The van der Waals surface area contributed by atoms with Crippen LogP contribution in [0.3, 0.4) is 0 Å². The monoisotopic (exact) mass is 302 g/mol. The minimum absolute atomic E-state index is 0.0727. The van der Waals surface area contributed by atoms with Gasteiger partial charge >= 0.3 is 0 Å². The highest BCUT2D eigenvalue weighted by atomic mass is 16.3. The van der Waals surface area contributed by atoms with Crippen LogP contribution in [0.25, 0.3) is 0 Å². The molecular formula is C20H30O2. The molecule has 0 radical (unpaired) electrons. The molecule has 0 aromatic heterocycles. The summed E-state index contributed by atoms with van der Waals surface area (Å²) < 4.78 is 0. The Kier molecular flexibility index (Phi) is 3.60. The molecule has 22 heavy (non-hydrogen) atoms. The van der Waals surface area contributed by atoms with Crippen LogP contribution in [0.15, 0.2) is 12.1 Å². The molecule has 3 rings (SSSR count). The van der Waals surface area contributed by atoms with Crippen molar-refractivity contribution >= 4 is 0 Å². The number of benzene rings is 1. The molecule has 1 unspecified atom stereocenters. The van der Waals surface area contributed by atoms with Crippen molar-refractivity contribution < 1.29 is 10.2 Å². The number of aliphatic hydroxyl groups is 1. The van der Waals surface area contributed by atoms with E-state index in [1.807, 2.05) is 6.07 Å². The van der Waals surface area contributed by atoms with Crippen LogP contribution in [0.5, 0.6) is 5.75 Å². The van der Waals surface area contributed by atoms with Crippen LogP contribution in [-0.4, -0.2) is 10.2 Å². The van der Waals surface area contributed by atoms with E-state index in [0.717, 1.165) is 24.0 Å². The van der Waals surface area contributed by atoms with Crippen molar-refractivity contribution in [2.45, 2.75) is 77.7 Å². The number of hydrogen-bond acceptors (Lipinski definition) is 2. The molecule has 2 nitrogen and oxygen atoms in total. The quantitative estimate of drug-likeness (QED) is 0.763. The number of hydrogen-bond donors (Lipinski definition) is 2. The summed E-state index contributed by atoms with van der Waals surface area (Å²) in [4.78, 5) is 0. The Morgan fingerprint density at radius 1 is 1.14 bits per heavy atom. The molecule has 0 heterocycles. The third-order valence-corrected chi connectivity index (χ3v) is 6.48. The fourth-order valence-corrected chi connectivity index (χ4v) is 5.23. The maximum absolute atomic E-state index is 10.8. The number of aromatic hydroxyl groups is 1. The van der Waals surface area contributed by atoms with Crippen LogP contribution in [0, 0.1) is 11.3 Å². The topological polar surface area (TPSA) is 40.5 Å². The highest BCUT2D eigenvalue weighted by Gasteiger charge is 2.51. The van der Waals surface area contributed by atoms with Crippen LogP contribution in [0.2, 0.25) is 0 Å². The summed E-state index contributed by atoms with van der Waals surface area (Å²) in [5.74, 6) is 1.14. The van der Waals surface area contributed by atoms with Crippen molar-refractivity contribution in [3.8, 4) is 5.75 Å². The lowest BCUT2D eigenvalue weighted by atomic mass is 9.50. The Balaban J connectivity index is 2.18. The molecule has 122 valence electrons. The molecule has 0 spiro atoms. The van der Waals surface area contributed by atoms with E-state index in [9.17, 15) is 10.2 Å². The third-order valence-electron chi connectivity index (χ3n) is 6.48. The first-order valence-electron chi connectivity index (χ1n) is 8.72. The lowest BCUT2D eigenvalue weighted by Gasteiger charge is -2.55. The van der Waals surface area contributed by atoms with Crippen molar-refractivity contribution in [3.63, 3.8) is 0 Å². The molecule has 0 saturated heterocycles. The average Bonchev–Trinajstić information content (AvgIpc) is 2.41. The summed E-state index contributed by atoms with van der Waals surface area (Å²) in [6.45, 7) is 11.2. The molecule has 0 amide bonds. The molecule has 1 aromatic rings. The zero-order valence-corrected chi connectivity index (χ0v) is 14.6. The molecule has 3 atom stereocenters. The normalized spacial score (nSPS) is 33.4. The molecule has 0 aliphatic heterocycles. The van der Waals surface area contributed by atoms with Gasteiger partial charge in [-0.1, -0.05) is 41.0 Å². The van der Waals surface area contributed by atoms with E-state index in [1.54, 1.807) is 0 Å². The van der Waals surface area contributed by atoms with E-state index in [2.05, 4.69) is 40.7 Å². The lowest BCUT2D eigenvalue weighted by molar-refractivity contribution is -0.00689. The van der Waals surface area contributed by atoms with Crippen LogP contribution >= 0.6 is 0 Å². The van der Waals surface area contributed by atoms with Crippen molar-refractivity contribution in [1.29, 1.82) is 0 Å². The SMILES string of the molecule is CC(C)c1cc2c(cc1O)[C@@]1(C)CCCC(C)(C)[C@@H]1CC2O. The van der Waals surface area contributed by atoms with Gasteiger partial charge in [0.1, 0.15) is 5.75 Å². The Labute approximate surface area is 134 Å². The lowest BCUT2D eigenvalue weighted by Crippen LogP contribution is -2.48. The fourth-order valence-electron chi connectivity index (χ4n) is 5.23. The zero-order valence-electron chi connectivity index (χ0n) is 14.6. The smallest absolute Gasteiger partial charge is 0.119 e. The fraction of sp³-hybridized carbons (Fsp3) is 0.700. The summed E-state index contributed by atoms with van der Waals surface area (Å²) in [6.07, 6.45) is 4.05. The van der Waals surface area contributed by atoms with Crippen LogP contribution in [0.1, 0.15) is 89.0 Å². The van der Waals surface area contributed by atoms with Crippen LogP contribution in [0.4, 0.5) is 0 Å². The van der Waals surface area contributed by atoms with Gasteiger partial charge in [-0.25, -0.2) is 0 Å². The van der Waals surface area contributed by atoms with E-state index in [1.165, 1.54) is 18.4 Å². The first-order chi connectivity index (χ1) is 10.2. The van der Waals surface area contributed by atoms with E-state index < -0.39 is 6.10 Å². The van der Waals surface area contributed by atoms with Crippen molar-refractivity contribution in [2.24, 2.45) is 11.3 Å². The summed E-state index contributed by atoms with van der Waals surface area (Å²) in [7, 11) is 0. The van der Waals surface area contributed by atoms with Gasteiger partial charge in [0.2, 0.25) is 0 Å². The second-order valence-corrected chi connectivity index (χ2v) is 8.72. The molecular weight excluding hydrogens is 272 g/mol. The minimum Gasteiger partial charge on any atom is -0.508 e. The van der Waals surface area contributed by atoms with Gasteiger partial charge in [-0.15, -0.1) is 0 Å². The molecule has 2 N–H and O–H groups in total. The predicted molar refractivity (Wildman–Crippen MR) is 90.2 cm³/mol. The summed E-state index contributed by atoms with van der Waals surface area (Å²) >= 11 is 0. The highest BCUT2D eigenvalue weighted by molar-refractivity contribution is 5.49. The van der Waals surface area contributed by atoms with E-state index in [-0.39, 0.29) is 16.7 Å². The van der Waals surface area contributed by atoms with Crippen molar-refractivity contribution in [2.75, 3.05) is 0 Å². The standard InChI is InChI=1S/C20H30O2/c1-12(2)13-9-14-15(10-16(13)21)20(5)8-6-7-19(3,4)18(20)11-17(14)22/h9-10,12,17-18,21-22H,6-8,11H2,1-5H3/t17?,18-,20+/m0/s1. The van der Waals surface area contributed by atoms with Gasteiger partial charge in [0.25, 0.3) is 0 Å². The molecule has 1 saturated carbocycles. The van der Waals surface area contributed by atoms with Gasteiger partial charge in [-0.05, 0) is 70.8 Å². The zero-order chi connectivity index (χ0) is 16.3. The van der Waals surface area contributed by atoms with Gasteiger partial charge in [-0.2, -0.15) is 0 Å². The Morgan fingerprint density at radius 3 is 2.45 bits per heavy atom. The second kappa shape index (κ2) is 4.99. The number of fused-ring (bicyclic) bond motifs is 3. The van der Waals surface area contributed by atoms with Gasteiger partial charge < -0.3 is 10.2 Å². The number of aliphatic hydroxyl groups excluding tert-OH is 1. The average molecular weight is 302 g/mol. The van der Waals surface area contributed by atoms with Gasteiger partial charge in [0.15, 0.2) is 0 Å². The highest BCUT2D eigenvalue weighted by Crippen LogP contribution is 2.59. The van der Waals surface area contributed by atoms with Gasteiger partial charge in [-0.3, -0.25) is 0 Å². The first-order valence-corrected chi connectivity index (χ1v) is 8.72. The number of phenols is 1. The largest absolute Gasteiger partial charge is 0.508 e. The summed E-state index contributed by atoms with van der Waals surface area (Å²) in [5.41, 5.74) is 3.51. The summed E-state index contributed by atoms with van der Waals surface area (Å²) in [6, 6.07) is 4.02. The first kappa shape index (κ1) is 15.9. The van der Waals surface area contributed by atoms with E-state index in [4.69, 9.17) is 0 Å². The Hall–Kier alpha value is -1.02. The Bertz CT molecular complexity index is 588. The second-order valence-electron chi connectivity index (χ2n) is 8.72. The Morgan fingerprint density at radius 2 is 1.82 bits per heavy atom. The third kappa shape index (κ3) is 2.19. The van der Waals surface area contributed by atoms with Gasteiger partial charge in [0, 0.05) is 0 Å². The van der Waals surface area contributed by atoms with E-state index >= 15 is 0 Å². The molecule has 1 fully saturated rings. The summed E-state index contributed by atoms with van der Waals surface area (Å²) in [5, 5.41) is 21.2. The maximum atomic E-state index is 10.8.